The molecule has 0 spiro atoms. The van der Waals surface area contributed by atoms with Crippen LogP contribution in [0, 0.1) is 0 Å². The molecule has 1 rings (SSSR count). The monoisotopic (exact) mass is 293 g/mol. The van der Waals surface area contributed by atoms with Crippen LogP contribution in [0.1, 0.15) is 40.0 Å². The van der Waals surface area contributed by atoms with E-state index in [0.29, 0.717) is 6.04 Å². The average molecular weight is 293 g/mol. The second-order valence-electron chi connectivity index (χ2n) is 5.10. The molecular formula is C11H23N3O4S. The van der Waals surface area contributed by atoms with Gasteiger partial charge in [0, 0.05) is 18.6 Å². The average Bonchev–Trinajstić information content (AvgIpc) is 2.24. The van der Waals surface area contributed by atoms with Crippen LogP contribution in [0.3, 0.4) is 0 Å². The maximum atomic E-state index is 11.6. The number of carbonyl (C=O) groups excluding carboxylic acids is 1. The molecule has 7 nitrogen and oxygen atoms in total. The van der Waals surface area contributed by atoms with Crippen LogP contribution in [0.5, 0.6) is 0 Å². The third-order valence-corrected chi connectivity index (χ3v) is 3.77. The molecule has 1 saturated heterocycles. The Labute approximate surface area is 114 Å². The van der Waals surface area contributed by atoms with Crippen molar-refractivity contribution in [1.82, 2.24) is 14.8 Å². The lowest BCUT2D eigenvalue weighted by atomic mass is 10.00. The van der Waals surface area contributed by atoms with Gasteiger partial charge < -0.3 is 10.1 Å². The Balaban J connectivity index is 2.36. The van der Waals surface area contributed by atoms with Gasteiger partial charge in [0.05, 0.1) is 6.10 Å². The second-order valence-corrected chi connectivity index (χ2v) is 6.60. The van der Waals surface area contributed by atoms with Gasteiger partial charge in [0.25, 0.3) is 0 Å². The lowest BCUT2D eigenvalue weighted by Gasteiger charge is -2.28. The fraction of sp³-hybridized carbons (Fsp3) is 0.909. The Kier molecular flexibility index (Phi) is 6.02. The SMILES string of the molecule is CC1CCCC(CNS(=O)(=O)NC(=O)OC(C)C)N1. The molecule has 3 N–H and O–H groups in total. The minimum atomic E-state index is -3.86. The van der Waals surface area contributed by atoms with Gasteiger partial charge in [0.2, 0.25) is 0 Å². The third-order valence-electron chi connectivity index (χ3n) is 2.79. The summed E-state index contributed by atoms with van der Waals surface area (Å²) in [6.45, 7) is 5.62. The van der Waals surface area contributed by atoms with E-state index in [1.54, 1.807) is 13.8 Å². The Morgan fingerprint density at radius 1 is 1.42 bits per heavy atom. The van der Waals surface area contributed by atoms with Gasteiger partial charge >= 0.3 is 16.3 Å². The summed E-state index contributed by atoms with van der Waals surface area (Å²) in [5.41, 5.74) is 0. The highest BCUT2D eigenvalue weighted by Gasteiger charge is 2.21. The van der Waals surface area contributed by atoms with E-state index in [9.17, 15) is 13.2 Å². The first-order valence-corrected chi connectivity index (χ1v) is 8.01. The highest BCUT2D eigenvalue weighted by molar-refractivity contribution is 7.88. The van der Waals surface area contributed by atoms with E-state index in [-0.39, 0.29) is 18.7 Å². The molecule has 2 unspecified atom stereocenters. The van der Waals surface area contributed by atoms with Crippen molar-refractivity contribution in [3.05, 3.63) is 0 Å². The highest BCUT2D eigenvalue weighted by atomic mass is 32.2. The molecule has 0 aromatic carbocycles. The number of hydrogen-bond donors (Lipinski definition) is 3. The van der Waals surface area contributed by atoms with Gasteiger partial charge in [-0.1, -0.05) is 6.42 Å². The Morgan fingerprint density at radius 2 is 2.11 bits per heavy atom. The van der Waals surface area contributed by atoms with Crippen LogP contribution < -0.4 is 14.8 Å². The first kappa shape index (κ1) is 16.2. The number of rotatable bonds is 5. The molecule has 0 aromatic rings. The predicted molar refractivity (Wildman–Crippen MR) is 71.9 cm³/mol. The molecule has 1 aliphatic rings. The highest BCUT2D eigenvalue weighted by Crippen LogP contribution is 2.11. The summed E-state index contributed by atoms with van der Waals surface area (Å²) < 4.78 is 32.1. The van der Waals surface area contributed by atoms with Crippen molar-refractivity contribution in [1.29, 1.82) is 0 Å². The molecule has 1 fully saturated rings. The number of hydrogen-bond acceptors (Lipinski definition) is 5. The zero-order valence-corrected chi connectivity index (χ0v) is 12.4. The van der Waals surface area contributed by atoms with Crippen LogP contribution in [0.15, 0.2) is 0 Å². The van der Waals surface area contributed by atoms with E-state index in [0.717, 1.165) is 19.3 Å². The lowest BCUT2D eigenvalue weighted by Crippen LogP contribution is -2.50. The molecular weight excluding hydrogens is 270 g/mol. The van der Waals surface area contributed by atoms with E-state index in [4.69, 9.17) is 4.74 Å². The Morgan fingerprint density at radius 3 is 2.68 bits per heavy atom. The number of nitrogens with one attached hydrogen (secondary N) is 3. The molecule has 0 radical (unpaired) electrons. The minimum Gasteiger partial charge on any atom is -0.446 e. The molecule has 2 atom stereocenters. The van der Waals surface area contributed by atoms with E-state index < -0.39 is 16.3 Å². The van der Waals surface area contributed by atoms with Crippen molar-refractivity contribution in [3.8, 4) is 0 Å². The summed E-state index contributed by atoms with van der Waals surface area (Å²) in [6.07, 6.45) is 1.76. The van der Waals surface area contributed by atoms with Crippen molar-refractivity contribution >= 4 is 16.3 Å². The number of piperidine rings is 1. The van der Waals surface area contributed by atoms with Gasteiger partial charge in [-0.2, -0.15) is 13.1 Å². The zero-order valence-electron chi connectivity index (χ0n) is 11.6. The molecule has 0 aromatic heterocycles. The largest absolute Gasteiger partial charge is 0.446 e. The van der Waals surface area contributed by atoms with Gasteiger partial charge in [0.15, 0.2) is 0 Å². The summed E-state index contributed by atoms with van der Waals surface area (Å²) in [5.74, 6) is 0. The van der Waals surface area contributed by atoms with Crippen LogP contribution in [0.25, 0.3) is 0 Å². The van der Waals surface area contributed by atoms with E-state index in [1.165, 1.54) is 0 Å². The van der Waals surface area contributed by atoms with E-state index >= 15 is 0 Å². The van der Waals surface area contributed by atoms with Crippen molar-refractivity contribution in [2.75, 3.05) is 6.54 Å². The maximum absolute atomic E-state index is 11.6. The van der Waals surface area contributed by atoms with Gasteiger partial charge in [0.1, 0.15) is 0 Å². The van der Waals surface area contributed by atoms with Crippen LogP contribution in [-0.2, 0) is 14.9 Å². The summed E-state index contributed by atoms with van der Waals surface area (Å²) in [5, 5.41) is 3.30. The smallest absolute Gasteiger partial charge is 0.422 e. The minimum absolute atomic E-state index is 0.0986. The normalized spacial score (nSPS) is 24.2. The Hall–Kier alpha value is -0.860. The molecule has 1 heterocycles. The summed E-state index contributed by atoms with van der Waals surface area (Å²) in [7, 11) is -3.86. The molecule has 0 bridgehead atoms. The summed E-state index contributed by atoms with van der Waals surface area (Å²) in [4.78, 5) is 11.2. The summed E-state index contributed by atoms with van der Waals surface area (Å²) >= 11 is 0. The van der Waals surface area contributed by atoms with E-state index in [2.05, 4.69) is 17.0 Å². The molecule has 112 valence electrons. The standard InChI is InChI=1S/C11H23N3O4S/c1-8(2)18-11(15)14-19(16,17)12-7-10-6-4-5-9(3)13-10/h8-10,12-13H,4-7H2,1-3H3,(H,14,15). The quantitative estimate of drug-likeness (QED) is 0.685. The topological polar surface area (TPSA) is 96.5 Å². The third kappa shape index (κ3) is 6.74. The molecule has 0 aliphatic carbocycles. The molecule has 1 amide bonds. The maximum Gasteiger partial charge on any atom is 0.422 e. The molecule has 19 heavy (non-hydrogen) atoms. The number of ether oxygens (including phenoxy) is 1. The molecule has 1 aliphatic heterocycles. The first-order valence-electron chi connectivity index (χ1n) is 6.52. The van der Waals surface area contributed by atoms with Gasteiger partial charge in [-0.15, -0.1) is 0 Å². The van der Waals surface area contributed by atoms with Crippen LogP contribution in [-0.4, -0.2) is 39.2 Å². The molecule has 8 heteroatoms. The van der Waals surface area contributed by atoms with Crippen molar-refractivity contribution in [2.45, 2.75) is 58.2 Å². The number of amides is 1. The Bertz CT molecular complexity index is 397. The lowest BCUT2D eigenvalue weighted by molar-refractivity contribution is 0.121. The van der Waals surface area contributed by atoms with Crippen molar-refractivity contribution < 1.29 is 17.9 Å². The van der Waals surface area contributed by atoms with Crippen LogP contribution in [0.4, 0.5) is 4.79 Å². The second kappa shape index (κ2) is 7.06. The first-order chi connectivity index (χ1) is 8.78. The van der Waals surface area contributed by atoms with Gasteiger partial charge in [-0.05, 0) is 33.6 Å². The van der Waals surface area contributed by atoms with Crippen molar-refractivity contribution in [3.63, 3.8) is 0 Å². The number of carbonyl (C=O) groups is 1. The van der Waals surface area contributed by atoms with Crippen LogP contribution >= 0.6 is 0 Å². The zero-order chi connectivity index (χ0) is 14.5. The predicted octanol–water partition coefficient (Wildman–Crippen LogP) is 0.486. The summed E-state index contributed by atoms with van der Waals surface area (Å²) in [6, 6.07) is 0.489. The van der Waals surface area contributed by atoms with E-state index in [1.807, 2.05) is 4.72 Å². The fourth-order valence-electron chi connectivity index (χ4n) is 1.99. The van der Waals surface area contributed by atoms with Gasteiger partial charge in [-0.3, -0.25) is 0 Å². The fourth-order valence-corrected chi connectivity index (χ4v) is 2.75. The molecule has 0 saturated carbocycles. The van der Waals surface area contributed by atoms with Crippen molar-refractivity contribution in [2.24, 2.45) is 0 Å². The van der Waals surface area contributed by atoms with Crippen LogP contribution in [0.2, 0.25) is 0 Å². The van der Waals surface area contributed by atoms with Gasteiger partial charge in [-0.25, -0.2) is 9.52 Å².